The fraction of sp³-hybridized carbons (Fsp3) is 0.364. The number of carbonyl (C=O) groups is 1. The van der Waals surface area contributed by atoms with E-state index < -0.39 is 0 Å². The van der Waals surface area contributed by atoms with Crippen LogP contribution in [0.25, 0.3) is 0 Å². The van der Waals surface area contributed by atoms with Gasteiger partial charge >= 0.3 is 0 Å². The highest BCUT2D eigenvalue weighted by molar-refractivity contribution is 5.41. The Kier molecular flexibility index (Phi) is 6.41. The summed E-state index contributed by atoms with van der Waals surface area (Å²) in [6.45, 7) is 2.00. The average molecular weight is 195 g/mol. The molecule has 3 heteroatoms. The van der Waals surface area contributed by atoms with Crippen molar-refractivity contribution in [1.82, 2.24) is 0 Å². The van der Waals surface area contributed by atoms with Crippen molar-refractivity contribution < 1.29 is 9.90 Å². The summed E-state index contributed by atoms with van der Waals surface area (Å²) in [5, 5.41) is 7.00. The molecule has 2 rings (SSSR count). The summed E-state index contributed by atoms with van der Waals surface area (Å²) in [5.74, 6) is 0.848. The van der Waals surface area contributed by atoms with E-state index in [-0.39, 0.29) is 0 Å². The zero-order valence-corrected chi connectivity index (χ0v) is 8.44. The Morgan fingerprint density at radius 2 is 1.64 bits per heavy atom. The van der Waals surface area contributed by atoms with Crippen LogP contribution in [-0.4, -0.2) is 19.0 Å². The maximum Gasteiger partial charge on any atom is 0.106 e. The van der Waals surface area contributed by atoms with Crippen LogP contribution >= 0.6 is 0 Å². The van der Waals surface area contributed by atoms with Gasteiger partial charge in [0.15, 0.2) is 0 Å². The molecule has 1 fully saturated rings. The molecule has 0 aromatic heterocycles. The first-order chi connectivity index (χ1) is 6.86. The number of aliphatic hydroxyl groups is 1. The number of benzene rings is 1. The molecule has 3 N–H and O–H groups in total. The minimum Gasteiger partial charge on any atom is -0.400 e. The molecule has 3 nitrogen and oxygen atoms in total. The number of rotatable bonds is 1. The van der Waals surface area contributed by atoms with E-state index in [9.17, 15) is 0 Å². The van der Waals surface area contributed by atoms with E-state index in [2.05, 4.69) is 12.1 Å². The number of anilines is 1. The third kappa shape index (κ3) is 4.05. The lowest BCUT2D eigenvalue weighted by atomic mass is 10.1. The van der Waals surface area contributed by atoms with Gasteiger partial charge in [-0.25, -0.2) is 0 Å². The molecule has 0 unspecified atom stereocenters. The van der Waals surface area contributed by atoms with Crippen molar-refractivity contribution in [3.63, 3.8) is 0 Å². The number of nitrogens with two attached hydrogens (primary N) is 1. The molecule has 0 spiro atoms. The lowest BCUT2D eigenvalue weighted by molar-refractivity contribution is -0.0979. The van der Waals surface area contributed by atoms with E-state index in [1.54, 1.807) is 0 Å². The van der Waals surface area contributed by atoms with Crippen LogP contribution in [0.4, 0.5) is 5.69 Å². The van der Waals surface area contributed by atoms with Gasteiger partial charge in [-0.05, 0) is 36.5 Å². The van der Waals surface area contributed by atoms with Crippen LogP contribution in [0.2, 0.25) is 0 Å². The maximum atomic E-state index is 8.00. The number of carbonyl (C=O) groups excluding carboxylic acids is 1. The fourth-order valence-corrected chi connectivity index (χ4v) is 1.18. The van der Waals surface area contributed by atoms with Crippen LogP contribution < -0.4 is 5.73 Å². The molecule has 0 saturated heterocycles. The standard InChI is InChI=1S/C9H11N.CH4O.CH2O/c10-9-5-3-8(4-6-9)7-1-2-7;2*1-2/h3-7H,1-2,10H2;2H,1H3;1H2. The smallest absolute Gasteiger partial charge is 0.106 e. The zero-order valence-electron chi connectivity index (χ0n) is 8.44. The first kappa shape index (κ1) is 12.7. The highest BCUT2D eigenvalue weighted by Gasteiger charge is 2.22. The van der Waals surface area contributed by atoms with Gasteiger partial charge in [0.1, 0.15) is 6.79 Å². The number of aliphatic hydroxyl groups excluding tert-OH is 1. The number of nitrogen functional groups attached to an aromatic ring is 1. The Balaban J connectivity index is 0.000000379. The number of hydrogen-bond acceptors (Lipinski definition) is 3. The van der Waals surface area contributed by atoms with Gasteiger partial charge in [0.2, 0.25) is 0 Å². The Bertz CT molecular complexity index is 242. The monoisotopic (exact) mass is 195 g/mol. The van der Waals surface area contributed by atoms with Crippen molar-refractivity contribution >= 4 is 12.5 Å². The lowest BCUT2D eigenvalue weighted by Gasteiger charge is -1.96. The quantitative estimate of drug-likeness (QED) is 0.668. The first-order valence-electron chi connectivity index (χ1n) is 4.45. The summed E-state index contributed by atoms with van der Waals surface area (Å²) in [6, 6.07) is 8.22. The van der Waals surface area contributed by atoms with Crippen molar-refractivity contribution in [3.8, 4) is 0 Å². The molecular formula is C11H17NO2. The van der Waals surface area contributed by atoms with Crippen LogP contribution in [0.3, 0.4) is 0 Å². The van der Waals surface area contributed by atoms with E-state index in [0.717, 1.165) is 18.7 Å². The number of hydrogen-bond donors (Lipinski definition) is 2. The zero-order chi connectivity index (χ0) is 11.0. The maximum absolute atomic E-state index is 8.00. The second-order valence-electron chi connectivity index (χ2n) is 2.94. The molecule has 0 atom stereocenters. The van der Waals surface area contributed by atoms with Gasteiger partial charge in [-0.1, -0.05) is 12.1 Å². The van der Waals surface area contributed by atoms with Gasteiger partial charge < -0.3 is 15.6 Å². The highest BCUT2D eigenvalue weighted by atomic mass is 16.2. The molecule has 0 bridgehead atoms. The molecule has 0 heterocycles. The van der Waals surface area contributed by atoms with Gasteiger partial charge in [0.25, 0.3) is 0 Å². The highest BCUT2D eigenvalue weighted by Crippen LogP contribution is 2.39. The molecule has 1 saturated carbocycles. The molecule has 14 heavy (non-hydrogen) atoms. The molecule has 1 aromatic carbocycles. The van der Waals surface area contributed by atoms with Gasteiger partial charge in [-0.2, -0.15) is 0 Å². The average Bonchev–Trinajstić information content (AvgIpc) is 3.09. The molecule has 1 aliphatic carbocycles. The summed E-state index contributed by atoms with van der Waals surface area (Å²) in [6.07, 6.45) is 2.73. The SMILES string of the molecule is C=O.CO.Nc1ccc(C2CC2)cc1. The Labute approximate surface area is 84.6 Å². The summed E-state index contributed by atoms with van der Waals surface area (Å²) < 4.78 is 0. The van der Waals surface area contributed by atoms with Crippen molar-refractivity contribution in [2.75, 3.05) is 12.8 Å². The van der Waals surface area contributed by atoms with E-state index in [0.29, 0.717) is 0 Å². The van der Waals surface area contributed by atoms with Crippen LogP contribution in [0.15, 0.2) is 24.3 Å². The van der Waals surface area contributed by atoms with Crippen LogP contribution in [0, 0.1) is 0 Å². The second kappa shape index (κ2) is 7.09. The third-order valence-electron chi connectivity index (χ3n) is 1.99. The lowest BCUT2D eigenvalue weighted by Crippen LogP contribution is -1.84. The van der Waals surface area contributed by atoms with E-state index in [1.807, 2.05) is 18.9 Å². The largest absolute Gasteiger partial charge is 0.400 e. The topological polar surface area (TPSA) is 63.3 Å². The minimum absolute atomic E-state index is 0.848. The predicted molar refractivity (Wildman–Crippen MR) is 58.1 cm³/mol. The van der Waals surface area contributed by atoms with Crippen molar-refractivity contribution in [2.24, 2.45) is 0 Å². The summed E-state index contributed by atoms with van der Waals surface area (Å²) in [4.78, 5) is 8.00. The Morgan fingerprint density at radius 1 is 1.21 bits per heavy atom. The fourth-order valence-electron chi connectivity index (χ4n) is 1.18. The third-order valence-corrected chi connectivity index (χ3v) is 1.99. The van der Waals surface area contributed by atoms with Gasteiger partial charge in [-0.15, -0.1) is 0 Å². The molecule has 78 valence electrons. The van der Waals surface area contributed by atoms with Gasteiger partial charge in [-0.3, -0.25) is 0 Å². The summed E-state index contributed by atoms with van der Waals surface area (Å²) >= 11 is 0. The van der Waals surface area contributed by atoms with Crippen LogP contribution in [0.1, 0.15) is 24.3 Å². The first-order valence-corrected chi connectivity index (χ1v) is 4.45. The minimum atomic E-state index is 0.848. The Hall–Kier alpha value is -1.35. The van der Waals surface area contributed by atoms with Crippen molar-refractivity contribution in [2.45, 2.75) is 18.8 Å². The van der Waals surface area contributed by atoms with Crippen molar-refractivity contribution in [1.29, 1.82) is 0 Å². The van der Waals surface area contributed by atoms with E-state index in [4.69, 9.17) is 15.6 Å². The van der Waals surface area contributed by atoms with Gasteiger partial charge in [0, 0.05) is 12.8 Å². The molecule has 1 aliphatic rings. The van der Waals surface area contributed by atoms with Crippen LogP contribution in [-0.2, 0) is 4.79 Å². The summed E-state index contributed by atoms with van der Waals surface area (Å²) in [7, 11) is 1.00. The van der Waals surface area contributed by atoms with Crippen LogP contribution in [0.5, 0.6) is 0 Å². The summed E-state index contributed by atoms with van der Waals surface area (Å²) in [5.41, 5.74) is 7.87. The molecule has 0 radical (unpaired) electrons. The Morgan fingerprint density at radius 3 is 2.00 bits per heavy atom. The molecule has 0 aliphatic heterocycles. The van der Waals surface area contributed by atoms with E-state index in [1.165, 1.54) is 18.4 Å². The second-order valence-corrected chi connectivity index (χ2v) is 2.94. The van der Waals surface area contributed by atoms with E-state index >= 15 is 0 Å². The predicted octanol–water partition coefficient (Wildman–Crippen LogP) is 1.57. The normalized spacial score (nSPS) is 13.0. The molecule has 0 amide bonds. The molecule has 1 aromatic rings. The van der Waals surface area contributed by atoms with Crippen molar-refractivity contribution in [3.05, 3.63) is 29.8 Å². The molecular weight excluding hydrogens is 178 g/mol. The van der Waals surface area contributed by atoms with Gasteiger partial charge in [0.05, 0.1) is 0 Å².